The summed E-state index contributed by atoms with van der Waals surface area (Å²) in [5.41, 5.74) is 6.23. The predicted octanol–water partition coefficient (Wildman–Crippen LogP) is 2.07. The minimum atomic E-state index is 0.563. The van der Waals surface area contributed by atoms with E-state index in [1.807, 2.05) is 13.0 Å². The van der Waals surface area contributed by atoms with Crippen molar-refractivity contribution in [2.75, 3.05) is 12.0 Å². The van der Waals surface area contributed by atoms with Gasteiger partial charge in [-0.2, -0.15) is 0 Å². The number of aryl methyl sites for hydroxylation is 2. The summed E-state index contributed by atoms with van der Waals surface area (Å²) < 4.78 is 0. The van der Waals surface area contributed by atoms with Crippen molar-refractivity contribution in [2.45, 2.75) is 19.8 Å². The average molecular weight is 177 g/mol. The normalized spacial score (nSPS) is 17.4. The van der Waals surface area contributed by atoms with Gasteiger partial charge in [-0.1, -0.05) is 12.1 Å². The van der Waals surface area contributed by atoms with E-state index in [2.05, 4.69) is 17.6 Å². The molecule has 1 aromatic rings. The van der Waals surface area contributed by atoms with Crippen LogP contribution in [0.1, 0.15) is 17.5 Å². The maximum Gasteiger partial charge on any atom is 0.0514 e. The molecule has 0 radical (unpaired) electrons. The van der Waals surface area contributed by atoms with Gasteiger partial charge in [0.1, 0.15) is 0 Å². The van der Waals surface area contributed by atoms with Crippen LogP contribution in [0.2, 0.25) is 0 Å². The number of rotatable bonds is 0. The third kappa shape index (κ3) is 1.82. The average Bonchev–Trinajstić information content (AvgIpc) is 2.25. The standard InChI is InChI=1S/C10H13N2O/c1-8-4-5-9-3-2-6-12(13)11-10(9)7-8/h4-5,7,11H,2-3,6H2,1H3/q-1. The van der Waals surface area contributed by atoms with Crippen molar-refractivity contribution < 1.29 is 0 Å². The largest absolute Gasteiger partial charge is 0.767 e. The molecule has 1 aliphatic heterocycles. The summed E-state index contributed by atoms with van der Waals surface area (Å²) >= 11 is 0. The van der Waals surface area contributed by atoms with E-state index in [0.29, 0.717) is 6.54 Å². The van der Waals surface area contributed by atoms with Gasteiger partial charge in [-0.25, -0.2) is 0 Å². The SMILES string of the molecule is Cc1ccc2c(c1)NN([O-])CCC2. The van der Waals surface area contributed by atoms with Crippen LogP contribution in [0.5, 0.6) is 0 Å². The van der Waals surface area contributed by atoms with E-state index in [1.54, 1.807) is 0 Å². The van der Waals surface area contributed by atoms with Gasteiger partial charge in [-0.15, -0.1) is 0 Å². The smallest absolute Gasteiger partial charge is 0.0514 e. The molecular weight excluding hydrogens is 164 g/mol. The number of hydrogen-bond acceptors (Lipinski definition) is 3. The molecule has 70 valence electrons. The molecule has 0 saturated heterocycles. The van der Waals surface area contributed by atoms with E-state index in [0.717, 1.165) is 23.7 Å². The molecule has 0 unspecified atom stereocenters. The minimum Gasteiger partial charge on any atom is -0.767 e. The summed E-state index contributed by atoms with van der Waals surface area (Å²) in [4.78, 5) is 0. The number of nitrogens with zero attached hydrogens (tertiary/aromatic N) is 1. The highest BCUT2D eigenvalue weighted by Gasteiger charge is 2.07. The number of fused-ring (bicyclic) bond motifs is 1. The molecule has 0 fully saturated rings. The summed E-state index contributed by atoms with van der Waals surface area (Å²) in [7, 11) is 0. The summed E-state index contributed by atoms with van der Waals surface area (Å²) in [6.45, 7) is 2.59. The molecule has 0 saturated carbocycles. The highest BCUT2D eigenvalue weighted by molar-refractivity contribution is 5.53. The van der Waals surface area contributed by atoms with Gasteiger partial charge in [0.05, 0.1) is 5.69 Å². The molecule has 1 N–H and O–H groups in total. The monoisotopic (exact) mass is 177 g/mol. The molecular formula is C10H13N2O-. The fourth-order valence-electron chi connectivity index (χ4n) is 1.62. The van der Waals surface area contributed by atoms with E-state index < -0.39 is 0 Å². The van der Waals surface area contributed by atoms with E-state index in [1.165, 1.54) is 11.1 Å². The third-order valence-corrected chi connectivity index (χ3v) is 2.32. The predicted molar refractivity (Wildman–Crippen MR) is 53.2 cm³/mol. The van der Waals surface area contributed by atoms with Crippen molar-refractivity contribution in [3.8, 4) is 0 Å². The maximum absolute atomic E-state index is 11.2. The van der Waals surface area contributed by atoms with Crippen LogP contribution in [0.3, 0.4) is 0 Å². The maximum atomic E-state index is 11.2. The van der Waals surface area contributed by atoms with Crippen LogP contribution in [-0.4, -0.2) is 11.7 Å². The van der Waals surface area contributed by atoms with Gasteiger partial charge in [0.2, 0.25) is 0 Å². The molecule has 0 spiro atoms. The first-order valence-electron chi connectivity index (χ1n) is 4.56. The van der Waals surface area contributed by atoms with Crippen LogP contribution in [0.15, 0.2) is 18.2 Å². The van der Waals surface area contributed by atoms with Gasteiger partial charge in [-0.05, 0) is 37.0 Å². The van der Waals surface area contributed by atoms with Crippen LogP contribution >= 0.6 is 0 Å². The lowest BCUT2D eigenvalue weighted by molar-refractivity contribution is 0.450. The summed E-state index contributed by atoms with van der Waals surface area (Å²) in [5, 5.41) is 12.1. The zero-order valence-electron chi connectivity index (χ0n) is 7.71. The van der Waals surface area contributed by atoms with Gasteiger partial charge in [0, 0.05) is 6.54 Å². The molecule has 0 aliphatic carbocycles. The number of hydrogen-bond donors (Lipinski definition) is 1. The van der Waals surface area contributed by atoms with Crippen molar-refractivity contribution in [2.24, 2.45) is 0 Å². The first kappa shape index (κ1) is 8.53. The molecule has 0 aromatic heterocycles. The fourth-order valence-corrected chi connectivity index (χ4v) is 1.62. The molecule has 1 heterocycles. The Morgan fingerprint density at radius 2 is 2.31 bits per heavy atom. The van der Waals surface area contributed by atoms with Crippen LogP contribution in [0.25, 0.3) is 0 Å². The highest BCUT2D eigenvalue weighted by atomic mass is 16.5. The number of hydrazine groups is 1. The third-order valence-electron chi connectivity index (χ3n) is 2.32. The van der Waals surface area contributed by atoms with Crippen LogP contribution in [0.4, 0.5) is 5.69 Å². The van der Waals surface area contributed by atoms with E-state index in [9.17, 15) is 5.21 Å². The molecule has 0 bridgehead atoms. The van der Waals surface area contributed by atoms with Crippen LogP contribution < -0.4 is 5.43 Å². The van der Waals surface area contributed by atoms with E-state index in [4.69, 9.17) is 0 Å². The van der Waals surface area contributed by atoms with Crippen molar-refractivity contribution >= 4 is 5.69 Å². The van der Waals surface area contributed by atoms with Crippen molar-refractivity contribution in [3.05, 3.63) is 34.5 Å². The quantitative estimate of drug-likeness (QED) is 0.659. The Morgan fingerprint density at radius 1 is 1.46 bits per heavy atom. The molecule has 1 aliphatic rings. The van der Waals surface area contributed by atoms with Crippen LogP contribution in [0, 0.1) is 12.1 Å². The Morgan fingerprint density at radius 3 is 3.15 bits per heavy atom. The molecule has 0 atom stereocenters. The molecule has 3 nitrogen and oxygen atoms in total. The molecule has 13 heavy (non-hydrogen) atoms. The lowest BCUT2D eigenvalue weighted by Crippen LogP contribution is -2.22. The van der Waals surface area contributed by atoms with Crippen LogP contribution in [-0.2, 0) is 6.42 Å². The minimum absolute atomic E-state index is 0.563. The zero-order chi connectivity index (χ0) is 9.26. The highest BCUT2D eigenvalue weighted by Crippen LogP contribution is 2.22. The first-order chi connectivity index (χ1) is 6.25. The second-order valence-electron chi connectivity index (χ2n) is 3.48. The van der Waals surface area contributed by atoms with Gasteiger partial charge in [-0.3, -0.25) is 5.17 Å². The second-order valence-corrected chi connectivity index (χ2v) is 3.48. The molecule has 3 heteroatoms. The Balaban J connectivity index is 2.35. The molecule has 2 rings (SSSR count). The number of hydroxylamine groups is 1. The number of nitrogens with one attached hydrogen (secondary N) is 1. The lowest BCUT2D eigenvalue weighted by Gasteiger charge is -2.27. The van der Waals surface area contributed by atoms with Crippen molar-refractivity contribution in [3.63, 3.8) is 0 Å². The Bertz CT molecular complexity index is 312. The lowest BCUT2D eigenvalue weighted by atomic mass is 10.1. The topological polar surface area (TPSA) is 38.3 Å². The van der Waals surface area contributed by atoms with E-state index >= 15 is 0 Å². The fraction of sp³-hybridized carbons (Fsp3) is 0.400. The summed E-state index contributed by atoms with van der Waals surface area (Å²) in [6, 6.07) is 6.20. The number of anilines is 1. The zero-order valence-corrected chi connectivity index (χ0v) is 7.71. The van der Waals surface area contributed by atoms with Crippen molar-refractivity contribution in [1.29, 1.82) is 0 Å². The van der Waals surface area contributed by atoms with Gasteiger partial charge >= 0.3 is 0 Å². The van der Waals surface area contributed by atoms with E-state index in [-0.39, 0.29) is 0 Å². The molecule has 0 amide bonds. The Labute approximate surface area is 77.9 Å². The Kier molecular flexibility index (Phi) is 2.20. The molecule has 1 aromatic carbocycles. The second kappa shape index (κ2) is 3.36. The Hall–Kier alpha value is -1.06. The van der Waals surface area contributed by atoms with Gasteiger partial charge < -0.3 is 10.6 Å². The summed E-state index contributed by atoms with van der Waals surface area (Å²) in [5.74, 6) is 0. The van der Waals surface area contributed by atoms with Gasteiger partial charge in [0.15, 0.2) is 0 Å². The van der Waals surface area contributed by atoms with Gasteiger partial charge in [0.25, 0.3) is 0 Å². The number of benzene rings is 1. The first-order valence-corrected chi connectivity index (χ1v) is 4.56. The van der Waals surface area contributed by atoms with Crippen molar-refractivity contribution in [1.82, 2.24) is 5.17 Å². The summed E-state index contributed by atoms with van der Waals surface area (Å²) in [6.07, 6.45) is 1.91.